The molecule has 7 heteroatoms. The molecule has 134 valence electrons. The number of hydrogen-bond donors (Lipinski definition) is 1. The van der Waals surface area contributed by atoms with Crippen LogP contribution in [0.3, 0.4) is 0 Å². The van der Waals surface area contributed by atoms with E-state index < -0.39 is 0 Å². The van der Waals surface area contributed by atoms with Crippen LogP contribution in [0.1, 0.15) is 17.5 Å². The van der Waals surface area contributed by atoms with Gasteiger partial charge in [-0.3, -0.25) is 0 Å². The van der Waals surface area contributed by atoms with Crippen LogP contribution in [0.25, 0.3) is 0 Å². The zero-order chi connectivity index (χ0) is 17.6. The predicted octanol–water partition coefficient (Wildman–Crippen LogP) is 3.39. The highest BCUT2D eigenvalue weighted by Crippen LogP contribution is 2.21. The standard InChI is InChI=1S/C18H24ClN5S/c1-3-20-18(21-12-17-14(2)22-13-25-17)24-9-7-23(8-10-24)16-6-4-5-15(19)11-16/h4-6,11,13H,3,7-10,12H2,1-2H3,(H,20,21). The van der Waals surface area contributed by atoms with Gasteiger partial charge in [0.15, 0.2) is 5.96 Å². The fraction of sp³-hybridized carbons (Fsp3) is 0.444. The van der Waals surface area contributed by atoms with Crippen molar-refractivity contribution in [1.82, 2.24) is 15.2 Å². The molecule has 1 fully saturated rings. The largest absolute Gasteiger partial charge is 0.368 e. The van der Waals surface area contributed by atoms with E-state index in [-0.39, 0.29) is 0 Å². The van der Waals surface area contributed by atoms with Crippen LogP contribution in [0, 0.1) is 6.92 Å². The van der Waals surface area contributed by atoms with E-state index in [0.29, 0.717) is 6.54 Å². The third-order valence-electron chi connectivity index (χ3n) is 4.30. The zero-order valence-electron chi connectivity index (χ0n) is 14.7. The van der Waals surface area contributed by atoms with Crippen LogP contribution in [-0.2, 0) is 6.54 Å². The average molecular weight is 378 g/mol. The Morgan fingerprint density at radius 2 is 2.12 bits per heavy atom. The van der Waals surface area contributed by atoms with Gasteiger partial charge in [-0.1, -0.05) is 17.7 Å². The van der Waals surface area contributed by atoms with Gasteiger partial charge in [-0.15, -0.1) is 11.3 Å². The first-order valence-corrected chi connectivity index (χ1v) is 9.86. The molecular formula is C18H24ClN5S. The van der Waals surface area contributed by atoms with Gasteiger partial charge in [-0.05, 0) is 32.0 Å². The summed E-state index contributed by atoms with van der Waals surface area (Å²) in [6.07, 6.45) is 0. The maximum absolute atomic E-state index is 6.12. The van der Waals surface area contributed by atoms with Crippen LogP contribution in [0.15, 0.2) is 34.8 Å². The number of nitrogens with zero attached hydrogens (tertiary/aromatic N) is 4. The molecule has 0 unspecified atom stereocenters. The summed E-state index contributed by atoms with van der Waals surface area (Å²) in [6.45, 7) is 9.52. The molecule has 2 aromatic rings. The summed E-state index contributed by atoms with van der Waals surface area (Å²) in [4.78, 5) is 15.1. The van der Waals surface area contributed by atoms with Crippen molar-refractivity contribution >= 4 is 34.6 Å². The van der Waals surface area contributed by atoms with Crippen molar-refractivity contribution in [2.24, 2.45) is 4.99 Å². The summed E-state index contributed by atoms with van der Waals surface area (Å²) < 4.78 is 0. The van der Waals surface area contributed by atoms with E-state index in [9.17, 15) is 0 Å². The lowest BCUT2D eigenvalue weighted by Gasteiger charge is -2.37. The molecule has 0 aliphatic carbocycles. The molecule has 1 aromatic heterocycles. The van der Waals surface area contributed by atoms with Crippen molar-refractivity contribution in [3.8, 4) is 0 Å². The van der Waals surface area contributed by atoms with E-state index in [4.69, 9.17) is 16.6 Å². The highest BCUT2D eigenvalue weighted by molar-refractivity contribution is 7.09. The number of aryl methyl sites for hydroxylation is 1. The van der Waals surface area contributed by atoms with Gasteiger partial charge in [0.1, 0.15) is 0 Å². The minimum atomic E-state index is 0.688. The number of anilines is 1. The molecular weight excluding hydrogens is 354 g/mol. The van der Waals surface area contributed by atoms with Crippen LogP contribution in [0.4, 0.5) is 5.69 Å². The van der Waals surface area contributed by atoms with Gasteiger partial charge in [0, 0.05) is 48.3 Å². The molecule has 0 amide bonds. The normalized spacial score (nSPS) is 15.6. The van der Waals surface area contributed by atoms with Gasteiger partial charge in [0.2, 0.25) is 0 Å². The molecule has 1 saturated heterocycles. The Labute approximate surface area is 158 Å². The van der Waals surface area contributed by atoms with Crippen molar-refractivity contribution in [3.05, 3.63) is 45.4 Å². The molecule has 1 aliphatic rings. The summed E-state index contributed by atoms with van der Waals surface area (Å²) in [5.41, 5.74) is 4.15. The fourth-order valence-electron chi connectivity index (χ4n) is 2.90. The van der Waals surface area contributed by atoms with Gasteiger partial charge in [0.05, 0.1) is 17.7 Å². The molecule has 1 N–H and O–H groups in total. The van der Waals surface area contributed by atoms with Gasteiger partial charge < -0.3 is 15.1 Å². The van der Waals surface area contributed by atoms with Crippen LogP contribution >= 0.6 is 22.9 Å². The van der Waals surface area contributed by atoms with E-state index in [0.717, 1.165) is 49.4 Å². The Balaban J connectivity index is 1.63. The Bertz CT molecular complexity index is 722. The van der Waals surface area contributed by atoms with Crippen LogP contribution in [0.2, 0.25) is 5.02 Å². The minimum Gasteiger partial charge on any atom is -0.368 e. The number of rotatable bonds is 4. The van der Waals surface area contributed by atoms with Crippen molar-refractivity contribution in [2.75, 3.05) is 37.6 Å². The lowest BCUT2D eigenvalue weighted by atomic mass is 10.2. The summed E-state index contributed by atoms with van der Waals surface area (Å²) in [6, 6.07) is 8.07. The van der Waals surface area contributed by atoms with Gasteiger partial charge >= 0.3 is 0 Å². The van der Waals surface area contributed by atoms with Crippen LogP contribution < -0.4 is 10.2 Å². The number of aromatic nitrogens is 1. The number of piperazine rings is 1. The second-order valence-electron chi connectivity index (χ2n) is 5.99. The van der Waals surface area contributed by atoms with Crippen molar-refractivity contribution in [1.29, 1.82) is 0 Å². The highest BCUT2D eigenvalue weighted by Gasteiger charge is 2.20. The summed E-state index contributed by atoms with van der Waals surface area (Å²) in [5, 5.41) is 4.21. The van der Waals surface area contributed by atoms with Crippen LogP contribution in [0.5, 0.6) is 0 Å². The molecule has 1 aromatic carbocycles. The second-order valence-corrected chi connectivity index (χ2v) is 7.36. The van der Waals surface area contributed by atoms with Gasteiger partial charge in [0.25, 0.3) is 0 Å². The minimum absolute atomic E-state index is 0.688. The third-order valence-corrected chi connectivity index (χ3v) is 5.46. The smallest absolute Gasteiger partial charge is 0.194 e. The van der Waals surface area contributed by atoms with E-state index in [1.807, 2.05) is 30.6 Å². The summed E-state index contributed by atoms with van der Waals surface area (Å²) in [5.74, 6) is 0.987. The molecule has 2 heterocycles. The van der Waals surface area contributed by atoms with E-state index in [1.54, 1.807) is 11.3 Å². The topological polar surface area (TPSA) is 43.8 Å². The van der Waals surface area contributed by atoms with Crippen LogP contribution in [-0.4, -0.2) is 48.6 Å². The van der Waals surface area contributed by atoms with Crippen molar-refractivity contribution in [2.45, 2.75) is 20.4 Å². The Hall–Kier alpha value is -1.79. The molecule has 0 bridgehead atoms. The zero-order valence-corrected chi connectivity index (χ0v) is 16.3. The number of halogens is 1. The molecule has 0 saturated carbocycles. The first-order chi connectivity index (χ1) is 12.2. The fourth-order valence-corrected chi connectivity index (χ4v) is 3.78. The lowest BCUT2D eigenvalue weighted by molar-refractivity contribution is 0.372. The van der Waals surface area contributed by atoms with Gasteiger partial charge in [-0.2, -0.15) is 0 Å². The number of hydrogen-bond acceptors (Lipinski definition) is 4. The number of benzene rings is 1. The number of aliphatic imine (C=N–C) groups is 1. The first-order valence-electron chi connectivity index (χ1n) is 8.60. The number of nitrogens with one attached hydrogen (secondary N) is 1. The predicted molar refractivity (Wildman–Crippen MR) is 107 cm³/mol. The van der Waals surface area contributed by atoms with Crippen molar-refractivity contribution in [3.63, 3.8) is 0 Å². The Kier molecular flexibility index (Phi) is 6.15. The number of thiazole rings is 1. The van der Waals surface area contributed by atoms with E-state index in [1.165, 1.54) is 10.6 Å². The monoisotopic (exact) mass is 377 g/mol. The highest BCUT2D eigenvalue weighted by atomic mass is 35.5. The summed E-state index contributed by atoms with van der Waals surface area (Å²) >= 11 is 7.79. The van der Waals surface area contributed by atoms with E-state index >= 15 is 0 Å². The summed E-state index contributed by atoms with van der Waals surface area (Å²) in [7, 11) is 0. The Morgan fingerprint density at radius 1 is 1.32 bits per heavy atom. The molecule has 5 nitrogen and oxygen atoms in total. The SMILES string of the molecule is CCNC(=NCc1scnc1C)N1CCN(c2cccc(Cl)c2)CC1. The lowest BCUT2D eigenvalue weighted by Crippen LogP contribution is -2.52. The van der Waals surface area contributed by atoms with E-state index in [2.05, 4.69) is 33.1 Å². The molecule has 1 aliphatic heterocycles. The third kappa shape index (κ3) is 4.64. The molecule has 25 heavy (non-hydrogen) atoms. The quantitative estimate of drug-likeness (QED) is 0.655. The molecule has 0 spiro atoms. The number of guanidine groups is 1. The van der Waals surface area contributed by atoms with Gasteiger partial charge in [-0.25, -0.2) is 9.98 Å². The molecule has 0 atom stereocenters. The maximum Gasteiger partial charge on any atom is 0.194 e. The molecule has 0 radical (unpaired) electrons. The first kappa shape index (κ1) is 18.0. The Morgan fingerprint density at radius 3 is 2.76 bits per heavy atom. The molecule has 3 rings (SSSR count). The van der Waals surface area contributed by atoms with Crippen molar-refractivity contribution < 1.29 is 0 Å². The average Bonchev–Trinajstić information content (AvgIpc) is 3.04. The second kappa shape index (κ2) is 8.54. The maximum atomic E-state index is 6.12.